The first-order valence-corrected chi connectivity index (χ1v) is 6.36. The van der Waals surface area contributed by atoms with Gasteiger partial charge in [-0.05, 0) is 24.3 Å². The molecule has 0 aliphatic carbocycles. The molecule has 0 fully saturated rings. The number of imidazole rings is 1. The lowest BCUT2D eigenvalue weighted by Gasteiger charge is -2.11. The van der Waals surface area contributed by atoms with Crippen molar-refractivity contribution in [2.24, 2.45) is 0 Å². The van der Waals surface area contributed by atoms with Gasteiger partial charge < -0.3 is 5.73 Å². The molecule has 0 radical (unpaired) electrons. The van der Waals surface area contributed by atoms with E-state index in [1.807, 2.05) is 0 Å². The number of benzene rings is 2. The van der Waals surface area contributed by atoms with Gasteiger partial charge in [0.15, 0.2) is 5.78 Å². The third-order valence-electron chi connectivity index (χ3n) is 3.20. The second-order valence-electron chi connectivity index (χ2n) is 4.48. The van der Waals surface area contributed by atoms with E-state index in [-0.39, 0.29) is 11.5 Å². The van der Waals surface area contributed by atoms with Crippen LogP contribution >= 0.6 is 0 Å². The minimum Gasteiger partial charge on any atom is -0.369 e. The van der Waals surface area contributed by atoms with E-state index in [0.29, 0.717) is 11.3 Å². The van der Waals surface area contributed by atoms with Crippen LogP contribution in [-0.2, 0) is 0 Å². The standard InChI is InChI=1S/C16H12FN3O/c17-13-7-3-1-5-11(13)15(21)12-6-2-4-8-14(12)20-10-9-19-16(20)18/h1-10H,(H2,18,19). The largest absolute Gasteiger partial charge is 0.369 e. The third kappa shape index (κ3) is 2.29. The molecule has 3 rings (SSSR count). The number of aromatic nitrogens is 2. The van der Waals surface area contributed by atoms with E-state index in [1.165, 1.54) is 12.1 Å². The topological polar surface area (TPSA) is 60.9 Å². The Bertz CT molecular complexity index is 811. The van der Waals surface area contributed by atoms with Gasteiger partial charge in [0, 0.05) is 18.0 Å². The van der Waals surface area contributed by atoms with Gasteiger partial charge in [0.1, 0.15) is 5.82 Å². The molecule has 0 atom stereocenters. The van der Waals surface area contributed by atoms with Crippen molar-refractivity contribution in [2.75, 3.05) is 5.73 Å². The van der Waals surface area contributed by atoms with Gasteiger partial charge in [0.05, 0.1) is 11.3 Å². The molecule has 104 valence electrons. The van der Waals surface area contributed by atoms with E-state index >= 15 is 0 Å². The molecule has 0 aliphatic rings. The van der Waals surface area contributed by atoms with Crippen LogP contribution in [0.5, 0.6) is 0 Å². The molecule has 4 nitrogen and oxygen atoms in total. The smallest absolute Gasteiger partial charge is 0.204 e. The lowest BCUT2D eigenvalue weighted by atomic mass is 10.0. The third-order valence-corrected chi connectivity index (χ3v) is 3.20. The number of nitrogens with zero attached hydrogens (tertiary/aromatic N) is 2. The number of rotatable bonds is 3. The molecule has 0 bridgehead atoms. The highest BCUT2D eigenvalue weighted by Gasteiger charge is 2.18. The van der Waals surface area contributed by atoms with Crippen LogP contribution < -0.4 is 5.73 Å². The maximum Gasteiger partial charge on any atom is 0.204 e. The van der Waals surface area contributed by atoms with Crippen LogP contribution in [0.1, 0.15) is 15.9 Å². The van der Waals surface area contributed by atoms with Gasteiger partial charge in [-0.3, -0.25) is 9.36 Å². The maximum atomic E-state index is 13.8. The van der Waals surface area contributed by atoms with Crippen LogP contribution in [0.25, 0.3) is 5.69 Å². The lowest BCUT2D eigenvalue weighted by Crippen LogP contribution is -2.10. The normalized spacial score (nSPS) is 10.5. The van der Waals surface area contributed by atoms with Crippen molar-refractivity contribution in [3.8, 4) is 5.69 Å². The quantitative estimate of drug-likeness (QED) is 0.751. The van der Waals surface area contributed by atoms with Crippen molar-refractivity contribution in [1.82, 2.24) is 9.55 Å². The fourth-order valence-corrected chi connectivity index (χ4v) is 2.18. The Morgan fingerprint density at radius 2 is 1.71 bits per heavy atom. The lowest BCUT2D eigenvalue weighted by molar-refractivity contribution is 0.103. The van der Waals surface area contributed by atoms with E-state index in [2.05, 4.69) is 4.98 Å². The van der Waals surface area contributed by atoms with E-state index < -0.39 is 11.6 Å². The number of hydrogen-bond acceptors (Lipinski definition) is 3. The Morgan fingerprint density at radius 1 is 1.05 bits per heavy atom. The van der Waals surface area contributed by atoms with Crippen molar-refractivity contribution >= 4 is 11.7 Å². The molecular weight excluding hydrogens is 269 g/mol. The van der Waals surface area contributed by atoms with Crippen molar-refractivity contribution in [1.29, 1.82) is 0 Å². The average Bonchev–Trinajstić information content (AvgIpc) is 2.93. The summed E-state index contributed by atoms with van der Waals surface area (Å²) in [5.74, 6) is -0.670. The summed E-state index contributed by atoms with van der Waals surface area (Å²) in [6.07, 6.45) is 3.20. The highest BCUT2D eigenvalue weighted by atomic mass is 19.1. The number of carbonyl (C=O) groups is 1. The summed E-state index contributed by atoms with van der Waals surface area (Å²) in [5.41, 5.74) is 6.75. The monoisotopic (exact) mass is 281 g/mol. The van der Waals surface area contributed by atoms with Crippen LogP contribution in [0, 0.1) is 5.82 Å². The van der Waals surface area contributed by atoms with Gasteiger partial charge in [0.25, 0.3) is 0 Å². The Labute approximate surface area is 120 Å². The fraction of sp³-hybridized carbons (Fsp3) is 0. The molecule has 1 heterocycles. The summed E-state index contributed by atoms with van der Waals surface area (Å²) in [5, 5.41) is 0. The molecule has 0 unspecified atom stereocenters. The van der Waals surface area contributed by atoms with Crippen LogP contribution in [0.4, 0.5) is 10.3 Å². The first-order chi connectivity index (χ1) is 10.2. The number of para-hydroxylation sites is 1. The van der Waals surface area contributed by atoms with E-state index in [0.717, 1.165) is 0 Å². The second-order valence-corrected chi connectivity index (χ2v) is 4.48. The molecule has 1 aromatic heterocycles. The fourth-order valence-electron chi connectivity index (χ4n) is 2.18. The minimum atomic E-state index is -0.545. The molecule has 0 amide bonds. The summed E-state index contributed by atoms with van der Waals surface area (Å²) in [4.78, 5) is 16.5. The zero-order valence-electron chi connectivity index (χ0n) is 11.0. The van der Waals surface area contributed by atoms with Crippen LogP contribution in [-0.4, -0.2) is 15.3 Å². The van der Waals surface area contributed by atoms with E-state index in [4.69, 9.17) is 5.73 Å². The number of hydrogen-bond donors (Lipinski definition) is 1. The van der Waals surface area contributed by atoms with Crippen LogP contribution in [0.3, 0.4) is 0 Å². The van der Waals surface area contributed by atoms with Crippen molar-refractivity contribution in [3.05, 3.63) is 77.9 Å². The molecule has 0 aliphatic heterocycles. The van der Waals surface area contributed by atoms with Crippen molar-refractivity contribution < 1.29 is 9.18 Å². The summed E-state index contributed by atoms with van der Waals surface area (Å²) in [6, 6.07) is 12.8. The van der Waals surface area contributed by atoms with Gasteiger partial charge in [-0.25, -0.2) is 9.37 Å². The zero-order chi connectivity index (χ0) is 14.8. The SMILES string of the molecule is Nc1nccn1-c1ccccc1C(=O)c1ccccc1F. The first-order valence-electron chi connectivity index (χ1n) is 6.36. The molecular formula is C16H12FN3O. The van der Waals surface area contributed by atoms with E-state index in [1.54, 1.807) is 53.4 Å². The second kappa shape index (κ2) is 5.20. The maximum absolute atomic E-state index is 13.8. The Hall–Kier alpha value is -2.95. The average molecular weight is 281 g/mol. The summed E-state index contributed by atoms with van der Waals surface area (Å²) < 4.78 is 15.4. The zero-order valence-corrected chi connectivity index (χ0v) is 11.0. The number of carbonyl (C=O) groups excluding carboxylic acids is 1. The molecule has 0 spiro atoms. The van der Waals surface area contributed by atoms with Gasteiger partial charge in [-0.1, -0.05) is 24.3 Å². The van der Waals surface area contributed by atoms with Crippen LogP contribution in [0.2, 0.25) is 0 Å². The highest BCUT2D eigenvalue weighted by molar-refractivity contribution is 6.11. The molecule has 5 heteroatoms. The number of ketones is 1. The number of anilines is 1. The predicted octanol–water partition coefficient (Wildman–Crippen LogP) is 2.82. The molecule has 0 saturated heterocycles. The van der Waals surface area contributed by atoms with Gasteiger partial charge in [-0.2, -0.15) is 0 Å². The summed E-state index contributed by atoms with van der Waals surface area (Å²) >= 11 is 0. The Balaban J connectivity index is 2.14. The summed E-state index contributed by atoms with van der Waals surface area (Å²) in [7, 11) is 0. The van der Waals surface area contributed by atoms with Gasteiger partial charge in [-0.15, -0.1) is 0 Å². The summed E-state index contributed by atoms with van der Waals surface area (Å²) in [6.45, 7) is 0. The molecule has 3 aromatic rings. The molecule has 21 heavy (non-hydrogen) atoms. The van der Waals surface area contributed by atoms with E-state index in [9.17, 15) is 9.18 Å². The van der Waals surface area contributed by atoms with Crippen molar-refractivity contribution in [2.45, 2.75) is 0 Å². The number of nitrogen functional groups attached to an aromatic ring is 1. The predicted molar refractivity (Wildman–Crippen MR) is 77.8 cm³/mol. The van der Waals surface area contributed by atoms with Crippen molar-refractivity contribution in [3.63, 3.8) is 0 Å². The molecule has 2 aromatic carbocycles. The molecule has 2 N–H and O–H groups in total. The number of halogens is 1. The molecule has 0 saturated carbocycles. The van der Waals surface area contributed by atoms with Gasteiger partial charge in [0.2, 0.25) is 5.95 Å². The first kappa shape index (κ1) is 13.1. The highest BCUT2D eigenvalue weighted by Crippen LogP contribution is 2.21. The Kier molecular flexibility index (Phi) is 3.23. The number of nitrogens with two attached hydrogens (primary N) is 1. The van der Waals surface area contributed by atoms with Gasteiger partial charge >= 0.3 is 0 Å². The minimum absolute atomic E-state index is 0.0311. The van der Waals surface area contributed by atoms with Crippen LogP contribution in [0.15, 0.2) is 60.9 Å². The Morgan fingerprint density at radius 3 is 2.38 bits per heavy atom.